The molecular formula is C17H15ClN6. The van der Waals surface area contributed by atoms with E-state index in [2.05, 4.69) is 20.5 Å². The van der Waals surface area contributed by atoms with Gasteiger partial charge in [-0.15, -0.1) is 0 Å². The van der Waals surface area contributed by atoms with Crippen molar-refractivity contribution in [2.24, 2.45) is 7.05 Å². The first-order valence-electron chi connectivity index (χ1n) is 7.51. The number of nitrogens with one attached hydrogen (secondary N) is 1. The summed E-state index contributed by atoms with van der Waals surface area (Å²) in [6.45, 7) is 0.655. The Hall–Kier alpha value is -2.86. The van der Waals surface area contributed by atoms with Crippen LogP contribution in [0, 0.1) is 0 Å². The molecule has 1 aromatic carbocycles. The van der Waals surface area contributed by atoms with E-state index in [-0.39, 0.29) is 0 Å². The second-order valence-corrected chi connectivity index (χ2v) is 5.95. The van der Waals surface area contributed by atoms with Gasteiger partial charge in [0.15, 0.2) is 5.65 Å². The molecule has 1 N–H and O–H groups in total. The molecule has 7 heteroatoms. The maximum atomic E-state index is 6.03. The van der Waals surface area contributed by atoms with Crippen molar-refractivity contribution in [3.8, 4) is 11.1 Å². The predicted molar refractivity (Wildman–Crippen MR) is 94.0 cm³/mol. The topological polar surface area (TPSA) is 60.0 Å². The number of hydrogen-bond donors (Lipinski definition) is 1. The number of benzene rings is 1. The van der Waals surface area contributed by atoms with Crippen molar-refractivity contribution in [3.63, 3.8) is 0 Å². The first-order chi connectivity index (χ1) is 11.7. The minimum atomic E-state index is 0.655. The highest BCUT2D eigenvalue weighted by Gasteiger charge is 2.11. The number of hydrogen-bond acceptors (Lipinski definition) is 4. The van der Waals surface area contributed by atoms with Crippen molar-refractivity contribution in [1.82, 2.24) is 24.4 Å². The maximum absolute atomic E-state index is 6.03. The van der Waals surface area contributed by atoms with Gasteiger partial charge in [-0.2, -0.15) is 14.7 Å². The Bertz CT molecular complexity index is 1000. The fourth-order valence-corrected chi connectivity index (χ4v) is 2.84. The third kappa shape index (κ3) is 2.72. The molecule has 0 radical (unpaired) electrons. The van der Waals surface area contributed by atoms with Crippen LogP contribution in [0.1, 0.15) is 5.56 Å². The number of rotatable bonds is 4. The van der Waals surface area contributed by atoms with E-state index in [0.717, 1.165) is 33.2 Å². The van der Waals surface area contributed by atoms with Gasteiger partial charge in [0.2, 0.25) is 0 Å². The summed E-state index contributed by atoms with van der Waals surface area (Å²) in [5.41, 5.74) is 3.84. The normalized spacial score (nSPS) is 11.1. The highest BCUT2D eigenvalue weighted by molar-refractivity contribution is 6.30. The lowest BCUT2D eigenvalue weighted by atomic mass is 10.2. The molecule has 0 fully saturated rings. The lowest BCUT2D eigenvalue weighted by Crippen LogP contribution is -2.05. The number of fused-ring (bicyclic) bond motifs is 1. The molecule has 0 saturated carbocycles. The van der Waals surface area contributed by atoms with Gasteiger partial charge in [0.1, 0.15) is 5.82 Å². The van der Waals surface area contributed by atoms with Crippen molar-refractivity contribution in [2.45, 2.75) is 6.54 Å². The van der Waals surface area contributed by atoms with Crippen molar-refractivity contribution in [3.05, 3.63) is 65.7 Å². The van der Waals surface area contributed by atoms with Crippen LogP contribution in [-0.4, -0.2) is 24.4 Å². The second-order valence-electron chi connectivity index (χ2n) is 5.51. The summed E-state index contributed by atoms with van der Waals surface area (Å²) < 4.78 is 3.56. The van der Waals surface area contributed by atoms with Crippen LogP contribution in [0.25, 0.3) is 16.8 Å². The van der Waals surface area contributed by atoms with Gasteiger partial charge in [-0.05, 0) is 23.8 Å². The first kappa shape index (κ1) is 14.7. The van der Waals surface area contributed by atoms with Crippen LogP contribution in [0.2, 0.25) is 5.02 Å². The van der Waals surface area contributed by atoms with Gasteiger partial charge in [-0.1, -0.05) is 23.7 Å². The number of aryl methyl sites for hydroxylation is 1. The maximum Gasteiger partial charge on any atom is 0.165 e. The van der Waals surface area contributed by atoms with Crippen molar-refractivity contribution >= 4 is 23.1 Å². The smallest absolute Gasteiger partial charge is 0.165 e. The van der Waals surface area contributed by atoms with E-state index in [4.69, 9.17) is 11.6 Å². The zero-order valence-corrected chi connectivity index (χ0v) is 13.8. The molecule has 0 saturated heterocycles. The van der Waals surface area contributed by atoms with Crippen molar-refractivity contribution in [2.75, 3.05) is 5.32 Å². The van der Waals surface area contributed by atoms with E-state index in [0.29, 0.717) is 6.54 Å². The third-order valence-electron chi connectivity index (χ3n) is 3.78. The molecule has 0 amide bonds. The SMILES string of the molecule is Cn1cc(-c2cnn3c(NCc4cccc(Cl)c4)ccnc23)cn1. The minimum Gasteiger partial charge on any atom is -0.366 e. The van der Waals surface area contributed by atoms with Gasteiger partial charge >= 0.3 is 0 Å². The first-order valence-corrected chi connectivity index (χ1v) is 7.88. The number of halogens is 1. The average molecular weight is 339 g/mol. The Morgan fingerprint density at radius 3 is 2.88 bits per heavy atom. The molecule has 120 valence electrons. The Labute approximate surface area is 143 Å². The lowest BCUT2D eigenvalue weighted by Gasteiger charge is -2.08. The largest absolute Gasteiger partial charge is 0.366 e. The molecule has 0 bridgehead atoms. The predicted octanol–water partition coefficient (Wildman–Crippen LogP) is 3.40. The van der Waals surface area contributed by atoms with Crippen LogP contribution in [0.3, 0.4) is 0 Å². The number of nitrogens with zero attached hydrogens (tertiary/aromatic N) is 5. The Balaban J connectivity index is 1.66. The third-order valence-corrected chi connectivity index (χ3v) is 4.01. The average Bonchev–Trinajstić information content (AvgIpc) is 3.19. The van der Waals surface area contributed by atoms with E-state index in [1.54, 1.807) is 15.4 Å². The van der Waals surface area contributed by atoms with Gasteiger partial charge in [0, 0.05) is 42.1 Å². The van der Waals surface area contributed by atoms with Gasteiger partial charge in [0.25, 0.3) is 0 Å². The summed E-state index contributed by atoms with van der Waals surface area (Å²) in [5, 5.41) is 12.8. The van der Waals surface area contributed by atoms with E-state index in [9.17, 15) is 0 Å². The number of anilines is 1. The molecule has 6 nitrogen and oxygen atoms in total. The summed E-state index contributed by atoms with van der Waals surface area (Å²) in [5.74, 6) is 0.870. The Kier molecular flexibility index (Phi) is 3.66. The van der Waals surface area contributed by atoms with E-state index in [1.807, 2.05) is 56.0 Å². The van der Waals surface area contributed by atoms with Crippen molar-refractivity contribution in [1.29, 1.82) is 0 Å². The fraction of sp³-hybridized carbons (Fsp3) is 0.118. The van der Waals surface area contributed by atoms with E-state index >= 15 is 0 Å². The van der Waals surface area contributed by atoms with Crippen LogP contribution in [-0.2, 0) is 13.6 Å². The standard InChI is InChI=1S/C17H15ClN6/c1-23-11-13(9-21-23)15-10-22-24-16(5-6-19-17(15)24)20-8-12-3-2-4-14(18)7-12/h2-7,9-11,20H,8H2,1H3. The number of aromatic nitrogens is 5. The molecule has 3 aromatic heterocycles. The van der Waals surface area contributed by atoms with Crippen LogP contribution >= 0.6 is 11.6 Å². The van der Waals surface area contributed by atoms with Crippen LogP contribution in [0.4, 0.5) is 5.82 Å². The van der Waals surface area contributed by atoms with Crippen LogP contribution in [0.15, 0.2) is 55.1 Å². The highest BCUT2D eigenvalue weighted by atomic mass is 35.5. The van der Waals surface area contributed by atoms with Gasteiger partial charge < -0.3 is 5.32 Å². The quantitative estimate of drug-likeness (QED) is 0.619. The monoisotopic (exact) mass is 338 g/mol. The van der Waals surface area contributed by atoms with E-state index in [1.165, 1.54) is 0 Å². The van der Waals surface area contributed by atoms with Gasteiger partial charge in [0.05, 0.1) is 12.4 Å². The highest BCUT2D eigenvalue weighted by Crippen LogP contribution is 2.24. The molecule has 0 aliphatic rings. The van der Waals surface area contributed by atoms with Gasteiger partial charge in [-0.25, -0.2) is 4.98 Å². The van der Waals surface area contributed by atoms with Crippen molar-refractivity contribution < 1.29 is 0 Å². The molecule has 3 heterocycles. The summed E-state index contributed by atoms with van der Waals surface area (Å²) in [4.78, 5) is 4.46. The summed E-state index contributed by atoms with van der Waals surface area (Å²) >= 11 is 6.03. The minimum absolute atomic E-state index is 0.655. The molecule has 0 spiro atoms. The van der Waals surface area contributed by atoms with Crippen LogP contribution in [0.5, 0.6) is 0 Å². The second kappa shape index (κ2) is 5.98. The Morgan fingerprint density at radius 2 is 2.08 bits per heavy atom. The molecule has 0 aliphatic carbocycles. The molecule has 0 atom stereocenters. The van der Waals surface area contributed by atoms with Gasteiger partial charge in [-0.3, -0.25) is 4.68 Å². The zero-order chi connectivity index (χ0) is 16.5. The molecule has 0 unspecified atom stereocenters. The summed E-state index contributed by atoms with van der Waals surface area (Å²) in [6, 6.07) is 9.68. The Morgan fingerprint density at radius 1 is 1.17 bits per heavy atom. The summed E-state index contributed by atoms with van der Waals surface area (Å²) in [6.07, 6.45) is 7.34. The molecule has 4 rings (SSSR count). The lowest BCUT2D eigenvalue weighted by molar-refractivity contribution is 0.768. The summed E-state index contributed by atoms with van der Waals surface area (Å²) in [7, 11) is 1.89. The molecular weight excluding hydrogens is 324 g/mol. The zero-order valence-electron chi connectivity index (χ0n) is 13.0. The molecule has 0 aliphatic heterocycles. The van der Waals surface area contributed by atoms with Crippen LogP contribution < -0.4 is 5.32 Å². The molecule has 4 aromatic rings. The molecule has 24 heavy (non-hydrogen) atoms. The van der Waals surface area contributed by atoms with E-state index < -0.39 is 0 Å². The fourth-order valence-electron chi connectivity index (χ4n) is 2.63.